The fourth-order valence-corrected chi connectivity index (χ4v) is 1.59. The highest BCUT2D eigenvalue weighted by molar-refractivity contribution is 5.60. The largest absolute Gasteiger partial charge is 0.493 e. The zero-order chi connectivity index (χ0) is 12.0. The summed E-state index contributed by atoms with van der Waals surface area (Å²) in [6, 6.07) is 3.98. The van der Waals surface area contributed by atoms with Crippen LogP contribution in [0.4, 0.5) is 0 Å². The molecular weight excluding hydrogens is 202 g/mol. The summed E-state index contributed by atoms with van der Waals surface area (Å²) in [6.45, 7) is 2.65. The molecule has 0 fully saturated rings. The molecule has 1 rings (SSSR count). The van der Waals surface area contributed by atoms with E-state index in [1.54, 1.807) is 14.2 Å². The van der Waals surface area contributed by atoms with Crippen molar-refractivity contribution in [1.29, 1.82) is 0 Å². The van der Waals surface area contributed by atoms with Gasteiger partial charge in [-0.15, -0.1) is 0 Å². The maximum Gasteiger partial charge on any atom is 0.161 e. The number of methoxy groups -OCH3 is 2. The molecule has 0 radical (unpaired) electrons. The molecule has 0 unspecified atom stereocenters. The second-order valence-electron chi connectivity index (χ2n) is 3.40. The molecule has 0 heterocycles. The summed E-state index contributed by atoms with van der Waals surface area (Å²) in [5.41, 5.74) is 7.81. The van der Waals surface area contributed by atoms with E-state index in [4.69, 9.17) is 15.2 Å². The van der Waals surface area contributed by atoms with Gasteiger partial charge < -0.3 is 15.2 Å². The first-order valence-corrected chi connectivity index (χ1v) is 5.38. The maximum atomic E-state index is 5.45. The fourth-order valence-electron chi connectivity index (χ4n) is 1.59. The van der Waals surface area contributed by atoms with E-state index in [1.807, 2.05) is 24.3 Å². The molecule has 16 heavy (non-hydrogen) atoms. The van der Waals surface area contributed by atoms with Crippen molar-refractivity contribution in [3.8, 4) is 11.5 Å². The van der Waals surface area contributed by atoms with Crippen molar-refractivity contribution >= 4 is 6.08 Å². The van der Waals surface area contributed by atoms with E-state index >= 15 is 0 Å². The lowest BCUT2D eigenvalue weighted by Crippen LogP contribution is -1.96. The van der Waals surface area contributed by atoms with Crippen molar-refractivity contribution in [2.24, 2.45) is 5.73 Å². The minimum Gasteiger partial charge on any atom is -0.493 e. The zero-order valence-electron chi connectivity index (χ0n) is 10.1. The van der Waals surface area contributed by atoms with Gasteiger partial charge in [0.25, 0.3) is 0 Å². The van der Waals surface area contributed by atoms with Crippen LogP contribution in [-0.2, 0) is 6.42 Å². The Bertz CT molecular complexity index is 372. The van der Waals surface area contributed by atoms with Gasteiger partial charge in [-0.05, 0) is 29.7 Å². The lowest BCUT2D eigenvalue weighted by atomic mass is 10.0. The van der Waals surface area contributed by atoms with E-state index in [2.05, 4.69) is 6.92 Å². The minimum absolute atomic E-state index is 0.539. The van der Waals surface area contributed by atoms with Crippen LogP contribution < -0.4 is 15.2 Å². The third-order valence-electron chi connectivity index (χ3n) is 2.46. The first-order chi connectivity index (χ1) is 7.76. The van der Waals surface area contributed by atoms with Crippen LogP contribution in [0.25, 0.3) is 6.08 Å². The molecule has 0 saturated carbocycles. The lowest BCUT2D eigenvalue weighted by molar-refractivity contribution is 0.354. The van der Waals surface area contributed by atoms with Gasteiger partial charge in [-0.25, -0.2) is 0 Å². The molecule has 0 aliphatic heterocycles. The molecule has 2 N–H and O–H groups in total. The van der Waals surface area contributed by atoms with E-state index in [0.29, 0.717) is 6.54 Å². The predicted molar refractivity (Wildman–Crippen MR) is 67.0 cm³/mol. The third-order valence-corrected chi connectivity index (χ3v) is 2.46. The van der Waals surface area contributed by atoms with Gasteiger partial charge in [0.15, 0.2) is 11.5 Å². The molecule has 1 aromatic carbocycles. The van der Waals surface area contributed by atoms with Crippen molar-refractivity contribution in [2.45, 2.75) is 13.3 Å². The van der Waals surface area contributed by atoms with E-state index in [1.165, 1.54) is 5.56 Å². The Hall–Kier alpha value is -1.48. The van der Waals surface area contributed by atoms with Gasteiger partial charge in [-0.3, -0.25) is 0 Å². The van der Waals surface area contributed by atoms with Crippen LogP contribution in [0, 0.1) is 0 Å². The van der Waals surface area contributed by atoms with Crippen LogP contribution in [0.2, 0.25) is 0 Å². The van der Waals surface area contributed by atoms with Crippen LogP contribution in [0.3, 0.4) is 0 Å². The van der Waals surface area contributed by atoms with E-state index in [-0.39, 0.29) is 0 Å². The Balaban J connectivity index is 3.20. The number of aryl methyl sites for hydroxylation is 1. The number of hydrogen-bond donors (Lipinski definition) is 1. The Morgan fingerprint density at radius 3 is 2.31 bits per heavy atom. The highest BCUT2D eigenvalue weighted by atomic mass is 16.5. The smallest absolute Gasteiger partial charge is 0.161 e. The average molecular weight is 221 g/mol. The van der Waals surface area contributed by atoms with E-state index in [9.17, 15) is 0 Å². The van der Waals surface area contributed by atoms with Gasteiger partial charge in [0.05, 0.1) is 14.2 Å². The predicted octanol–water partition coefficient (Wildman–Crippen LogP) is 2.24. The molecule has 0 amide bonds. The first-order valence-electron chi connectivity index (χ1n) is 5.38. The summed E-state index contributed by atoms with van der Waals surface area (Å²) >= 11 is 0. The summed E-state index contributed by atoms with van der Waals surface area (Å²) in [6.07, 6.45) is 4.89. The van der Waals surface area contributed by atoms with Crippen LogP contribution >= 0.6 is 0 Å². The molecule has 1 aromatic rings. The Kier molecular flexibility index (Phi) is 4.86. The molecule has 3 nitrogen and oxygen atoms in total. The van der Waals surface area contributed by atoms with Gasteiger partial charge in [-0.2, -0.15) is 0 Å². The second kappa shape index (κ2) is 6.18. The van der Waals surface area contributed by atoms with Crippen LogP contribution in [0.1, 0.15) is 18.1 Å². The summed E-state index contributed by atoms with van der Waals surface area (Å²) in [5.74, 6) is 1.51. The molecule has 0 aliphatic rings. The van der Waals surface area contributed by atoms with Gasteiger partial charge in [0, 0.05) is 6.54 Å². The first kappa shape index (κ1) is 12.6. The lowest BCUT2D eigenvalue weighted by Gasteiger charge is -2.11. The monoisotopic (exact) mass is 221 g/mol. The number of benzene rings is 1. The highest BCUT2D eigenvalue weighted by Gasteiger charge is 2.07. The number of rotatable bonds is 5. The molecule has 0 aromatic heterocycles. The molecule has 0 atom stereocenters. The van der Waals surface area contributed by atoms with Crippen LogP contribution in [0.15, 0.2) is 18.2 Å². The molecule has 3 heteroatoms. The van der Waals surface area contributed by atoms with Crippen molar-refractivity contribution in [3.05, 3.63) is 29.3 Å². The van der Waals surface area contributed by atoms with Gasteiger partial charge in [0.2, 0.25) is 0 Å². The number of nitrogens with two attached hydrogens (primary N) is 1. The third kappa shape index (κ3) is 2.76. The Morgan fingerprint density at radius 1 is 1.19 bits per heavy atom. The molecule has 0 aliphatic carbocycles. The SMILES string of the molecule is CCc1cc(OC)c(OC)cc1/C=C/CN. The molecule has 0 bridgehead atoms. The summed E-state index contributed by atoms with van der Waals surface area (Å²) in [7, 11) is 3.28. The fraction of sp³-hybridized carbons (Fsp3) is 0.385. The van der Waals surface area contributed by atoms with Crippen LogP contribution in [0.5, 0.6) is 11.5 Å². The standard InChI is InChI=1S/C13H19NO2/c1-4-10-8-12(15-2)13(16-3)9-11(10)6-5-7-14/h5-6,8-9H,4,7,14H2,1-3H3/b6-5+. The summed E-state index contributed by atoms with van der Waals surface area (Å²) < 4.78 is 10.5. The van der Waals surface area contributed by atoms with Crippen molar-refractivity contribution in [2.75, 3.05) is 20.8 Å². The molecular formula is C13H19NO2. The zero-order valence-corrected chi connectivity index (χ0v) is 10.1. The van der Waals surface area contributed by atoms with Gasteiger partial charge in [0.1, 0.15) is 0 Å². The molecule has 0 saturated heterocycles. The maximum absolute atomic E-state index is 5.45. The van der Waals surface area contributed by atoms with Gasteiger partial charge >= 0.3 is 0 Å². The summed E-state index contributed by atoms with van der Waals surface area (Å²) in [5, 5.41) is 0. The van der Waals surface area contributed by atoms with Gasteiger partial charge in [-0.1, -0.05) is 19.1 Å². The average Bonchev–Trinajstić information content (AvgIpc) is 2.35. The van der Waals surface area contributed by atoms with Crippen LogP contribution in [-0.4, -0.2) is 20.8 Å². The Morgan fingerprint density at radius 2 is 1.81 bits per heavy atom. The second-order valence-corrected chi connectivity index (χ2v) is 3.40. The minimum atomic E-state index is 0.539. The molecule has 0 spiro atoms. The number of ether oxygens (including phenoxy) is 2. The van der Waals surface area contributed by atoms with E-state index in [0.717, 1.165) is 23.5 Å². The summed E-state index contributed by atoms with van der Waals surface area (Å²) in [4.78, 5) is 0. The van der Waals surface area contributed by atoms with E-state index < -0.39 is 0 Å². The highest BCUT2D eigenvalue weighted by Crippen LogP contribution is 2.31. The quantitative estimate of drug-likeness (QED) is 0.829. The van der Waals surface area contributed by atoms with Crippen molar-refractivity contribution in [1.82, 2.24) is 0 Å². The topological polar surface area (TPSA) is 44.5 Å². The van der Waals surface area contributed by atoms with Crippen molar-refractivity contribution in [3.63, 3.8) is 0 Å². The molecule has 88 valence electrons. The normalized spacial score (nSPS) is 10.8. The van der Waals surface area contributed by atoms with Crippen molar-refractivity contribution < 1.29 is 9.47 Å². The Labute approximate surface area is 96.9 Å². The number of hydrogen-bond acceptors (Lipinski definition) is 3.